The second kappa shape index (κ2) is 15.3. The number of ether oxygens (including phenoxy) is 3. The van der Waals surface area contributed by atoms with E-state index in [0.717, 1.165) is 16.7 Å². The largest absolute Gasteiger partial charge is 0.469 e. The van der Waals surface area contributed by atoms with Gasteiger partial charge in [-0.2, -0.15) is 0 Å². The number of nitrogens with zero attached hydrogens (tertiary/aromatic N) is 2. The highest BCUT2D eigenvalue weighted by atomic mass is 16.5. The minimum atomic E-state index is -1.14. The third kappa shape index (κ3) is 7.56. The van der Waals surface area contributed by atoms with Crippen molar-refractivity contribution in [2.24, 2.45) is 0 Å². The van der Waals surface area contributed by atoms with Gasteiger partial charge in [-0.05, 0) is 23.1 Å². The zero-order chi connectivity index (χ0) is 32.2. The Morgan fingerprint density at radius 3 is 1.64 bits per heavy atom. The van der Waals surface area contributed by atoms with Crippen LogP contribution in [0.3, 0.4) is 0 Å². The van der Waals surface area contributed by atoms with Gasteiger partial charge in [-0.3, -0.25) is 4.79 Å². The Bertz CT molecular complexity index is 1480. The molecular weight excluding hydrogens is 576 g/mol. The molecule has 0 fully saturated rings. The number of carbonyl (C=O) groups is 4. The molecule has 0 saturated heterocycles. The van der Waals surface area contributed by atoms with Crippen molar-refractivity contribution in [2.45, 2.75) is 36.9 Å². The molecule has 0 aliphatic carbocycles. The van der Waals surface area contributed by atoms with E-state index in [1.54, 1.807) is 6.33 Å². The minimum Gasteiger partial charge on any atom is -0.469 e. The number of imidazole rings is 1. The van der Waals surface area contributed by atoms with Crippen LogP contribution in [0.15, 0.2) is 104 Å². The summed E-state index contributed by atoms with van der Waals surface area (Å²) in [5.74, 6) is -2.00. The number of methoxy groups -OCH3 is 3. The van der Waals surface area contributed by atoms with E-state index < -0.39 is 41.6 Å². The van der Waals surface area contributed by atoms with Crippen molar-refractivity contribution in [2.75, 3.05) is 21.3 Å². The van der Waals surface area contributed by atoms with E-state index in [2.05, 4.69) is 56.8 Å². The molecule has 0 radical (unpaired) electrons. The van der Waals surface area contributed by atoms with E-state index in [9.17, 15) is 19.2 Å². The molecule has 1 heterocycles. The highest BCUT2D eigenvalue weighted by molar-refractivity contribution is 5.87. The van der Waals surface area contributed by atoms with E-state index in [4.69, 9.17) is 9.47 Å². The summed E-state index contributed by atoms with van der Waals surface area (Å²) in [5.41, 5.74) is 2.68. The van der Waals surface area contributed by atoms with E-state index in [0.29, 0.717) is 5.69 Å². The van der Waals surface area contributed by atoms with Crippen LogP contribution in [0.2, 0.25) is 0 Å². The van der Waals surface area contributed by atoms with Gasteiger partial charge >= 0.3 is 23.9 Å². The second-order valence-corrected chi connectivity index (χ2v) is 10.2. The lowest BCUT2D eigenvalue weighted by Crippen LogP contribution is -2.52. The number of urea groups is 1. The third-order valence-electron chi connectivity index (χ3n) is 7.46. The number of hydrogen-bond acceptors (Lipinski definition) is 8. The molecule has 0 bridgehead atoms. The molecule has 3 aromatic carbocycles. The predicted octanol–water partition coefficient (Wildman–Crippen LogP) is 3.60. The SMILES string of the molecule is COC(=O)CC[C@H](NC(=O)N[C@@H](Cc1cn(C(c2ccccc2)(c2ccccc2)c2ccccc2)cn1)C(=O)OC)C(=O)OC. The van der Waals surface area contributed by atoms with Gasteiger partial charge in [0.15, 0.2) is 0 Å². The predicted molar refractivity (Wildman–Crippen MR) is 165 cm³/mol. The second-order valence-electron chi connectivity index (χ2n) is 10.2. The van der Waals surface area contributed by atoms with Gasteiger partial charge in [-0.25, -0.2) is 19.4 Å². The van der Waals surface area contributed by atoms with Gasteiger partial charge in [0.05, 0.1) is 33.4 Å². The van der Waals surface area contributed by atoms with Crippen molar-refractivity contribution in [3.63, 3.8) is 0 Å². The summed E-state index contributed by atoms with van der Waals surface area (Å²) in [6.07, 6.45) is 3.36. The number of rotatable bonds is 13. The van der Waals surface area contributed by atoms with Crippen LogP contribution in [0.5, 0.6) is 0 Å². The number of esters is 3. The number of nitrogens with one attached hydrogen (secondary N) is 2. The van der Waals surface area contributed by atoms with Crippen LogP contribution in [0, 0.1) is 0 Å². The van der Waals surface area contributed by atoms with Gasteiger partial charge in [0.1, 0.15) is 17.6 Å². The van der Waals surface area contributed by atoms with Gasteiger partial charge < -0.3 is 29.4 Å². The molecule has 2 N–H and O–H groups in total. The fourth-order valence-corrected chi connectivity index (χ4v) is 5.30. The molecule has 4 rings (SSSR count). The summed E-state index contributed by atoms with van der Waals surface area (Å²) in [6.45, 7) is 0. The summed E-state index contributed by atoms with van der Waals surface area (Å²) >= 11 is 0. The molecule has 4 aromatic rings. The van der Waals surface area contributed by atoms with Crippen molar-refractivity contribution in [1.29, 1.82) is 0 Å². The van der Waals surface area contributed by atoms with Gasteiger partial charge in [0.25, 0.3) is 0 Å². The van der Waals surface area contributed by atoms with Gasteiger partial charge in [-0.15, -0.1) is 0 Å². The fourth-order valence-electron chi connectivity index (χ4n) is 5.30. The van der Waals surface area contributed by atoms with Crippen LogP contribution in [0.25, 0.3) is 0 Å². The Balaban J connectivity index is 1.66. The zero-order valence-corrected chi connectivity index (χ0v) is 25.3. The van der Waals surface area contributed by atoms with E-state index in [-0.39, 0.29) is 19.3 Å². The molecule has 2 atom stereocenters. The minimum absolute atomic E-state index is 0.00735. The zero-order valence-electron chi connectivity index (χ0n) is 25.3. The first-order valence-electron chi connectivity index (χ1n) is 14.3. The summed E-state index contributed by atoms with van der Waals surface area (Å²) in [4.78, 5) is 54.2. The number of carbonyl (C=O) groups excluding carboxylic acids is 4. The topological polar surface area (TPSA) is 138 Å². The van der Waals surface area contributed by atoms with Crippen LogP contribution in [-0.4, -0.2) is 66.9 Å². The fraction of sp³-hybridized carbons (Fsp3) is 0.265. The van der Waals surface area contributed by atoms with Gasteiger partial charge in [-0.1, -0.05) is 91.0 Å². The van der Waals surface area contributed by atoms with Crippen molar-refractivity contribution >= 4 is 23.9 Å². The highest BCUT2D eigenvalue weighted by Crippen LogP contribution is 2.40. The lowest BCUT2D eigenvalue weighted by Gasteiger charge is -2.37. The molecule has 1 aromatic heterocycles. The quantitative estimate of drug-likeness (QED) is 0.133. The molecule has 234 valence electrons. The van der Waals surface area contributed by atoms with Gasteiger partial charge in [0, 0.05) is 19.0 Å². The van der Waals surface area contributed by atoms with Crippen LogP contribution in [0.4, 0.5) is 4.79 Å². The molecular formula is C34H36N4O7. The average Bonchev–Trinajstić information content (AvgIpc) is 3.55. The number of benzene rings is 3. The van der Waals surface area contributed by atoms with E-state index in [1.165, 1.54) is 21.3 Å². The summed E-state index contributed by atoms with van der Waals surface area (Å²) in [7, 11) is 3.61. The van der Waals surface area contributed by atoms with Crippen molar-refractivity contribution in [3.8, 4) is 0 Å². The third-order valence-corrected chi connectivity index (χ3v) is 7.46. The Morgan fingerprint density at radius 2 is 1.18 bits per heavy atom. The molecule has 11 nitrogen and oxygen atoms in total. The number of aromatic nitrogens is 2. The Morgan fingerprint density at radius 1 is 0.711 bits per heavy atom. The Labute approximate surface area is 261 Å². The highest BCUT2D eigenvalue weighted by Gasteiger charge is 2.38. The molecule has 45 heavy (non-hydrogen) atoms. The lowest BCUT2D eigenvalue weighted by molar-refractivity contribution is -0.144. The smallest absolute Gasteiger partial charge is 0.328 e. The summed E-state index contributed by atoms with van der Waals surface area (Å²) < 4.78 is 16.3. The van der Waals surface area contributed by atoms with E-state index >= 15 is 0 Å². The van der Waals surface area contributed by atoms with E-state index in [1.807, 2.05) is 65.4 Å². The van der Waals surface area contributed by atoms with Crippen LogP contribution < -0.4 is 10.6 Å². The normalized spacial score (nSPS) is 12.3. The maximum Gasteiger partial charge on any atom is 0.328 e. The number of hydrogen-bond donors (Lipinski definition) is 2. The molecule has 0 aliphatic heterocycles. The number of amides is 2. The molecule has 0 aliphatic rings. The first kappa shape index (κ1) is 32.5. The van der Waals surface area contributed by atoms with Crippen LogP contribution in [0.1, 0.15) is 35.2 Å². The average molecular weight is 613 g/mol. The molecule has 0 spiro atoms. The van der Waals surface area contributed by atoms with Crippen molar-refractivity contribution < 1.29 is 33.4 Å². The Kier molecular flexibility index (Phi) is 11.1. The summed E-state index contributed by atoms with van der Waals surface area (Å²) in [5, 5.41) is 5.04. The lowest BCUT2D eigenvalue weighted by atomic mass is 9.77. The summed E-state index contributed by atoms with van der Waals surface area (Å²) in [6, 6.07) is 27.0. The van der Waals surface area contributed by atoms with Gasteiger partial charge in [0.2, 0.25) is 0 Å². The molecule has 2 amide bonds. The first-order valence-corrected chi connectivity index (χ1v) is 14.3. The monoisotopic (exact) mass is 612 g/mol. The van der Waals surface area contributed by atoms with Crippen molar-refractivity contribution in [3.05, 3.63) is 126 Å². The van der Waals surface area contributed by atoms with Crippen LogP contribution >= 0.6 is 0 Å². The van der Waals surface area contributed by atoms with Crippen molar-refractivity contribution in [1.82, 2.24) is 20.2 Å². The maximum absolute atomic E-state index is 12.9. The molecule has 0 saturated carbocycles. The van der Waals surface area contributed by atoms with Crippen LogP contribution in [-0.2, 0) is 40.6 Å². The standard InChI is InChI=1S/C34H36N4O7/c1-43-30(39)20-19-28(31(40)44-2)36-33(42)37-29(32(41)45-3)21-27-22-38(23-35-27)34(24-13-7-4-8-14-24,25-15-9-5-10-16-25)26-17-11-6-12-18-26/h4-18,22-23,28-29H,19-21H2,1-3H3,(H2,36,37,42)/t28-,29-/m0/s1. The molecule has 0 unspecified atom stereocenters. The first-order chi connectivity index (χ1) is 21.8. The maximum atomic E-state index is 12.9. The Hall–Kier alpha value is -5.45. The molecule has 11 heteroatoms.